The number of nitrogens with one attached hydrogen (secondary N) is 2. The lowest BCUT2D eigenvalue weighted by molar-refractivity contribution is 0.367. The molecule has 0 saturated carbocycles. The zero-order chi connectivity index (χ0) is 19.8. The van der Waals surface area contributed by atoms with Crippen LogP contribution in [0.3, 0.4) is 0 Å². The monoisotopic (exact) mass is 512 g/mol. The minimum Gasteiger partial charge on any atom is -0.495 e. The molecule has 1 aliphatic rings. The summed E-state index contributed by atoms with van der Waals surface area (Å²) >= 11 is 0. The lowest BCUT2D eigenvalue weighted by Gasteiger charge is -2.38. The Balaban J connectivity index is 0.00000300. The van der Waals surface area contributed by atoms with E-state index in [1.54, 1.807) is 7.11 Å². The number of ether oxygens (including phenoxy) is 1. The van der Waals surface area contributed by atoms with Gasteiger partial charge < -0.3 is 19.9 Å². The summed E-state index contributed by atoms with van der Waals surface area (Å²) in [5, 5.41) is 10.5. The number of nitrogens with zero attached hydrogens (tertiary/aromatic N) is 4. The summed E-state index contributed by atoms with van der Waals surface area (Å²) < 4.78 is 5.52. The molecule has 29 heavy (non-hydrogen) atoms. The van der Waals surface area contributed by atoms with Crippen LogP contribution in [0.25, 0.3) is 0 Å². The Bertz CT molecular complexity index is 770. The van der Waals surface area contributed by atoms with Crippen LogP contribution in [0.15, 0.2) is 35.5 Å². The first-order valence-corrected chi connectivity index (χ1v) is 10.1. The number of hydrogen-bond donors (Lipinski definition) is 2. The van der Waals surface area contributed by atoms with Gasteiger partial charge in [0.15, 0.2) is 5.96 Å². The molecule has 0 spiro atoms. The molecule has 1 aromatic heterocycles. The Hall–Kier alpha value is -1.97. The molecule has 8 heteroatoms. The highest BCUT2D eigenvalue weighted by atomic mass is 127. The summed E-state index contributed by atoms with van der Waals surface area (Å²) in [6.45, 7) is 9.70. The Morgan fingerprint density at radius 2 is 2.00 bits per heavy atom. The second-order valence-corrected chi connectivity index (χ2v) is 7.01. The van der Waals surface area contributed by atoms with Gasteiger partial charge in [-0.15, -0.1) is 24.0 Å². The number of halogens is 1. The summed E-state index contributed by atoms with van der Waals surface area (Å²) in [5.41, 5.74) is 3.61. The first-order valence-electron chi connectivity index (χ1n) is 10.1. The molecule has 0 amide bonds. The van der Waals surface area contributed by atoms with E-state index in [0.717, 1.165) is 69.5 Å². The molecule has 1 saturated heterocycles. The van der Waals surface area contributed by atoms with Crippen LogP contribution in [0.5, 0.6) is 5.75 Å². The fraction of sp³-hybridized carbons (Fsp3) is 0.524. The fourth-order valence-corrected chi connectivity index (χ4v) is 3.56. The molecule has 0 aliphatic carbocycles. The first kappa shape index (κ1) is 23.3. The third-order valence-electron chi connectivity index (χ3n) is 5.14. The number of H-pyrrole nitrogens is 1. The van der Waals surface area contributed by atoms with E-state index in [2.05, 4.69) is 51.3 Å². The van der Waals surface area contributed by atoms with Crippen molar-refractivity contribution in [3.63, 3.8) is 0 Å². The maximum Gasteiger partial charge on any atom is 0.194 e. The second-order valence-electron chi connectivity index (χ2n) is 7.01. The average molecular weight is 512 g/mol. The van der Waals surface area contributed by atoms with Crippen molar-refractivity contribution in [1.82, 2.24) is 20.4 Å². The standard InChI is InChI=1S/C21H32N6O.HI/c1-4-22-21(23-11-7-8-18-16-24-25-17(18)2)27-14-12-26(13-15-27)19-9-5-6-10-20(19)28-3;/h5-6,9-10,16H,4,7-8,11-15H2,1-3H3,(H,22,23)(H,24,25);1H. The SMILES string of the molecule is CCNC(=NCCCc1cn[nH]c1C)N1CCN(c2ccccc2OC)CC1.I. The van der Waals surface area contributed by atoms with Crippen LogP contribution in [0.4, 0.5) is 5.69 Å². The first-order chi connectivity index (χ1) is 13.7. The van der Waals surface area contributed by atoms with Crippen LogP contribution in [0, 0.1) is 6.92 Å². The van der Waals surface area contributed by atoms with Crippen LogP contribution in [0.2, 0.25) is 0 Å². The number of aryl methyl sites for hydroxylation is 2. The number of hydrogen-bond acceptors (Lipinski definition) is 4. The molecular weight excluding hydrogens is 479 g/mol. The van der Waals surface area contributed by atoms with Crippen molar-refractivity contribution in [3.05, 3.63) is 41.7 Å². The minimum absolute atomic E-state index is 0. The normalized spacial score (nSPS) is 14.5. The summed E-state index contributed by atoms with van der Waals surface area (Å²) in [6, 6.07) is 8.23. The molecule has 0 radical (unpaired) electrons. The quantitative estimate of drug-likeness (QED) is 0.259. The second kappa shape index (κ2) is 11.9. The highest BCUT2D eigenvalue weighted by molar-refractivity contribution is 14.0. The molecule has 2 heterocycles. The van der Waals surface area contributed by atoms with Gasteiger partial charge >= 0.3 is 0 Å². The number of rotatable bonds is 7. The molecular formula is C21H33IN6O. The van der Waals surface area contributed by atoms with Crippen molar-refractivity contribution in [3.8, 4) is 5.75 Å². The van der Waals surface area contributed by atoms with Gasteiger partial charge in [0.2, 0.25) is 0 Å². The molecule has 0 bridgehead atoms. The summed E-state index contributed by atoms with van der Waals surface area (Å²) in [4.78, 5) is 9.60. The molecule has 160 valence electrons. The molecule has 1 fully saturated rings. The van der Waals surface area contributed by atoms with Gasteiger partial charge in [0.05, 0.1) is 19.0 Å². The predicted molar refractivity (Wildman–Crippen MR) is 130 cm³/mol. The van der Waals surface area contributed by atoms with E-state index in [1.165, 1.54) is 11.3 Å². The number of piperazine rings is 1. The summed E-state index contributed by atoms with van der Waals surface area (Å²) in [7, 11) is 1.73. The van der Waals surface area contributed by atoms with Gasteiger partial charge in [-0.1, -0.05) is 12.1 Å². The lowest BCUT2D eigenvalue weighted by Crippen LogP contribution is -2.52. The van der Waals surface area contributed by atoms with Crippen LogP contribution < -0.4 is 15.0 Å². The number of aromatic amines is 1. The largest absolute Gasteiger partial charge is 0.495 e. The summed E-state index contributed by atoms with van der Waals surface area (Å²) in [5.74, 6) is 1.96. The van der Waals surface area contributed by atoms with E-state index in [0.29, 0.717) is 0 Å². The third-order valence-corrected chi connectivity index (χ3v) is 5.14. The predicted octanol–water partition coefficient (Wildman–Crippen LogP) is 3.07. The Morgan fingerprint density at radius 1 is 1.24 bits per heavy atom. The van der Waals surface area contributed by atoms with E-state index in [4.69, 9.17) is 9.73 Å². The zero-order valence-electron chi connectivity index (χ0n) is 17.6. The molecule has 3 rings (SSSR count). The lowest BCUT2D eigenvalue weighted by atomic mass is 10.1. The molecule has 2 aromatic rings. The third kappa shape index (κ3) is 6.25. The highest BCUT2D eigenvalue weighted by Crippen LogP contribution is 2.28. The molecule has 0 unspecified atom stereocenters. The van der Waals surface area contributed by atoms with Gasteiger partial charge in [0.25, 0.3) is 0 Å². The topological polar surface area (TPSA) is 68.8 Å². The number of aromatic nitrogens is 2. The van der Waals surface area contributed by atoms with Gasteiger partial charge in [-0.05, 0) is 44.4 Å². The van der Waals surface area contributed by atoms with Gasteiger partial charge in [0, 0.05) is 45.0 Å². The molecule has 1 aromatic carbocycles. The van der Waals surface area contributed by atoms with Crippen molar-refractivity contribution in [2.75, 3.05) is 51.3 Å². The van der Waals surface area contributed by atoms with Crippen LogP contribution in [-0.4, -0.2) is 67.4 Å². The number of guanidine groups is 1. The van der Waals surface area contributed by atoms with Gasteiger partial charge in [-0.3, -0.25) is 10.1 Å². The van der Waals surface area contributed by atoms with Crippen molar-refractivity contribution in [2.24, 2.45) is 4.99 Å². The molecule has 2 N–H and O–H groups in total. The van der Waals surface area contributed by atoms with Crippen LogP contribution >= 0.6 is 24.0 Å². The van der Waals surface area contributed by atoms with Gasteiger partial charge in [0.1, 0.15) is 5.75 Å². The van der Waals surface area contributed by atoms with E-state index < -0.39 is 0 Å². The van der Waals surface area contributed by atoms with Gasteiger partial charge in [-0.2, -0.15) is 5.10 Å². The highest BCUT2D eigenvalue weighted by Gasteiger charge is 2.21. The zero-order valence-corrected chi connectivity index (χ0v) is 20.0. The molecule has 7 nitrogen and oxygen atoms in total. The van der Waals surface area contributed by atoms with E-state index >= 15 is 0 Å². The molecule has 0 atom stereocenters. The number of anilines is 1. The number of aliphatic imine (C=N–C) groups is 1. The maximum atomic E-state index is 5.52. The smallest absolute Gasteiger partial charge is 0.194 e. The van der Waals surface area contributed by atoms with Crippen molar-refractivity contribution in [2.45, 2.75) is 26.7 Å². The van der Waals surface area contributed by atoms with E-state index in [9.17, 15) is 0 Å². The fourth-order valence-electron chi connectivity index (χ4n) is 3.56. The summed E-state index contributed by atoms with van der Waals surface area (Å²) in [6.07, 6.45) is 3.95. The van der Waals surface area contributed by atoms with Crippen LogP contribution in [0.1, 0.15) is 24.6 Å². The maximum absolute atomic E-state index is 5.52. The average Bonchev–Trinajstić information content (AvgIpc) is 3.15. The number of methoxy groups -OCH3 is 1. The van der Waals surface area contributed by atoms with E-state index in [1.807, 2.05) is 18.3 Å². The van der Waals surface area contributed by atoms with E-state index in [-0.39, 0.29) is 24.0 Å². The van der Waals surface area contributed by atoms with Crippen molar-refractivity contribution in [1.29, 1.82) is 0 Å². The van der Waals surface area contributed by atoms with Crippen LogP contribution in [-0.2, 0) is 6.42 Å². The number of para-hydroxylation sites is 2. The van der Waals surface area contributed by atoms with Crippen molar-refractivity contribution < 1.29 is 4.74 Å². The van der Waals surface area contributed by atoms with Crippen molar-refractivity contribution >= 4 is 35.6 Å². The Kier molecular flexibility index (Phi) is 9.56. The minimum atomic E-state index is 0. The Morgan fingerprint density at radius 3 is 2.66 bits per heavy atom. The van der Waals surface area contributed by atoms with Gasteiger partial charge in [-0.25, -0.2) is 0 Å². The molecule has 1 aliphatic heterocycles. The Labute approximate surface area is 190 Å². The number of benzene rings is 1.